The molecule has 1 heterocycles. The van der Waals surface area contributed by atoms with Crippen molar-refractivity contribution in [3.8, 4) is 5.75 Å². The van der Waals surface area contributed by atoms with E-state index in [1.54, 1.807) is 0 Å². The lowest BCUT2D eigenvalue weighted by Gasteiger charge is -2.49. The van der Waals surface area contributed by atoms with Crippen molar-refractivity contribution in [3.63, 3.8) is 0 Å². The second-order valence-corrected chi connectivity index (χ2v) is 10.7. The molecule has 39 heavy (non-hydrogen) atoms. The van der Waals surface area contributed by atoms with E-state index in [0.29, 0.717) is 51.8 Å². The molecule has 0 aromatic heterocycles. The van der Waals surface area contributed by atoms with Crippen LogP contribution in [0.5, 0.6) is 5.75 Å². The van der Waals surface area contributed by atoms with Crippen LogP contribution in [0.2, 0.25) is 0 Å². The highest BCUT2D eigenvalue weighted by molar-refractivity contribution is 5.88. The van der Waals surface area contributed by atoms with Crippen molar-refractivity contribution in [2.45, 2.75) is 63.3 Å². The fourth-order valence-corrected chi connectivity index (χ4v) is 6.10. The van der Waals surface area contributed by atoms with Gasteiger partial charge in [-0.1, -0.05) is 61.4 Å². The highest BCUT2D eigenvalue weighted by Crippen LogP contribution is 2.42. The van der Waals surface area contributed by atoms with E-state index >= 15 is 0 Å². The van der Waals surface area contributed by atoms with Gasteiger partial charge in [0.15, 0.2) is 0 Å². The summed E-state index contributed by atoms with van der Waals surface area (Å²) in [6.45, 7) is 1.44. The first-order valence-electron chi connectivity index (χ1n) is 14.1. The van der Waals surface area contributed by atoms with Crippen molar-refractivity contribution in [1.82, 2.24) is 4.90 Å². The Kier molecular flexibility index (Phi) is 9.98. The third kappa shape index (κ3) is 6.98. The van der Waals surface area contributed by atoms with E-state index in [-0.39, 0.29) is 18.4 Å². The number of amides is 1. The van der Waals surface area contributed by atoms with Crippen LogP contribution in [-0.2, 0) is 32.0 Å². The fourth-order valence-electron chi connectivity index (χ4n) is 6.10. The van der Waals surface area contributed by atoms with E-state index < -0.39 is 23.4 Å². The Morgan fingerprint density at radius 3 is 2.36 bits per heavy atom. The van der Waals surface area contributed by atoms with Gasteiger partial charge in [-0.3, -0.25) is 19.3 Å². The van der Waals surface area contributed by atoms with Crippen LogP contribution in [-0.4, -0.2) is 59.7 Å². The molecular formula is C31H40N2O6. The number of carbonyl (C=O) groups excluding carboxylic acids is 2. The van der Waals surface area contributed by atoms with Crippen molar-refractivity contribution in [2.75, 3.05) is 26.3 Å². The van der Waals surface area contributed by atoms with Crippen LogP contribution in [0.3, 0.4) is 0 Å². The van der Waals surface area contributed by atoms with Crippen molar-refractivity contribution < 1.29 is 29.0 Å². The highest BCUT2D eigenvalue weighted by atomic mass is 16.5. The fraction of sp³-hybridized carbons (Fsp3) is 0.516. The lowest BCUT2D eigenvalue weighted by molar-refractivity contribution is -0.176. The number of carboxylic acid groups (broad SMARTS) is 1. The summed E-state index contributed by atoms with van der Waals surface area (Å²) in [6.07, 6.45) is 5.72. The summed E-state index contributed by atoms with van der Waals surface area (Å²) < 4.78 is 11.8. The number of primary amides is 1. The predicted octanol–water partition coefficient (Wildman–Crippen LogP) is 3.99. The Hall–Kier alpha value is -3.39. The lowest BCUT2D eigenvalue weighted by Crippen LogP contribution is -2.65. The Morgan fingerprint density at radius 2 is 1.64 bits per heavy atom. The molecular weight excluding hydrogens is 496 g/mol. The number of benzene rings is 2. The van der Waals surface area contributed by atoms with Gasteiger partial charge >= 0.3 is 11.9 Å². The number of aryl methyl sites for hydroxylation is 2. The van der Waals surface area contributed by atoms with Crippen LogP contribution < -0.4 is 10.5 Å². The quantitative estimate of drug-likeness (QED) is 0.311. The second-order valence-electron chi connectivity index (χ2n) is 10.7. The summed E-state index contributed by atoms with van der Waals surface area (Å²) in [6, 6.07) is 18.3. The molecule has 8 nitrogen and oxygen atoms in total. The topological polar surface area (TPSA) is 119 Å². The van der Waals surface area contributed by atoms with Crippen molar-refractivity contribution in [1.29, 1.82) is 0 Å². The van der Waals surface area contributed by atoms with E-state index in [2.05, 4.69) is 18.2 Å². The van der Waals surface area contributed by atoms with E-state index in [9.17, 15) is 19.5 Å². The summed E-state index contributed by atoms with van der Waals surface area (Å²) in [5.74, 6) is -2.04. The number of ether oxygens (including phenoxy) is 2. The molecule has 0 bridgehead atoms. The smallest absolute Gasteiger partial charge is 0.327 e. The van der Waals surface area contributed by atoms with Gasteiger partial charge in [0, 0.05) is 25.4 Å². The zero-order valence-electron chi connectivity index (χ0n) is 22.6. The molecule has 0 radical (unpaired) electrons. The number of aliphatic carboxylic acids is 1. The van der Waals surface area contributed by atoms with Gasteiger partial charge in [0.2, 0.25) is 5.91 Å². The standard InChI is InChI=1S/C31H40N2O6/c32-28(34)25-16-19-33(20-17-25)31(18-7-6-12-26(31)29(35)36)30(37)39-22-8-21-38-27-13-5-4-11-24(27)15-14-23-9-2-1-3-10-23/h1-5,9-11,13,25-26H,6-8,12,14-22H2,(H2,32,34)(H,35,36). The zero-order chi connectivity index (χ0) is 27.7. The molecule has 8 heteroatoms. The Balaban J connectivity index is 1.33. The molecule has 1 saturated carbocycles. The molecule has 0 spiro atoms. The van der Waals surface area contributed by atoms with Gasteiger partial charge in [-0.25, -0.2) is 0 Å². The third-order valence-corrected chi connectivity index (χ3v) is 8.27. The second kappa shape index (κ2) is 13.6. The van der Waals surface area contributed by atoms with Gasteiger partial charge in [-0.05, 0) is 55.7 Å². The number of carbonyl (C=O) groups is 3. The monoisotopic (exact) mass is 536 g/mol. The van der Waals surface area contributed by atoms with Crippen molar-refractivity contribution in [2.24, 2.45) is 17.6 Å². The first-order chi connectivity index (χ1) is 18.9. The number of hydrogen-bond donors (Lipinski definition) is 2. The number of likely N-dealkylation sites (tertiary alicyclic amines) is 1. The lowest BCUT2D eigenvalue weighted by atomic mass is 9.70. The predicted molar refractivity (Wildman–Crippen MR) is 147 cm³/mol. The van der Waals surface area contributed by atoms with Crippen LogP contribution >= 0.6 is 0 Å². The molecule has 2 aromatic rings. The third-order valence-electron chi connectivity index (χ3n) is 8.27. The first kappa shape index (κ1) is 28.6. The molecule has 3 N–H and O–H groups in total. The van der Waals surface area contributed by atoms with Crippen molar-refractivity contribution >= 4 is 17.8 Å². The molecule has 1 saturated heterocycles. The summed E-state index contributed by atoms with van der Waals surface area (Å²) in [4.78, 5) is 39.5. The Bertz CT molecular complexity index is 1120. The van der Waals surface area contributed by atoms with Crippen LogP contribution in [0.1, 0.15) is 56.1 Å². The van der Waals surface area contributed by atoms with Gasteiger partial charge in [0.05, 0.1) is 19.1 Å². The van der Waals surface area contributed by atoms with Crippen LogP contribution in [0.15, 0.2) is 54.6 Å². The number of nitrogens with two attached hydrogens (primary N) is 1. The van der Waals surface area contributed by atoms with Gasteiger partial charge in [-0.2, -0.15) is 0 Å². The number of rotatable bonds is 12. The largest absolute Gasteiger partial charge is 0.493 e. The average Bonchev–Trinajstić information content (AvgIpc) is 2.96. The molecule has 1 amide bonds. The molecule has 2 aliphatic rings. The molecule has 1 aliphatic carbocycles. The maximum Gasteiger partial charge on any atom is 0.327 e. The molecule has 2 aromatic carbocycles. The molecule has 4 rings (SSSR count). The number of esters is 1. The SMILES string of the molecule is NC(=O)C1CCN(C2(C(=O)OCCCOc3ccccc3CCc3ccccc3)CCCCC2C(=O)O)CC1. The summed E-state index contributed by atoms with van der Waals surface area (Å²) in [5, 5.41) is 10.0. The van der Waals surface area contributed by atoms with E-state index in [0.717, 1.165) is 37.0 Å². The minimum Gasteiger partial charge on any atom is -0.493 e. The average molecular weight is 537 g/mol. The minimum absolute atomic E-state index is 0.150. The van der Waals surface area contributed by atoms with Gasteiger partial charge in [-0.15, -0.1) is 0 Å². The highest BCUT2D eigenvalue weighted by Gasteiger charge is 2.56. The Morgan fingerprint density at radius 1 is 0.923 bits per heavy atom. The summed E-state index contributed by atoms with van der Waals surface area (Å²) in [7, 11) is 0. The molecule has 2 unspecified atom stereocenters. The molecule has 2 fully saturated rings. The Labute approximate surface area is 230 Å². The number of carboxylic acids is 1. The number of para-hydroxylation sites is 1. The summed E-state index contributed by atoms with van der Waals surface area (Å²) >= 11 is 0. The van der Waals surface area contributed by atoms with Crippen LogP contribution in [0, 0.1) is 11.8 Å². The van der Waals surface area contributed by atoms with Gasteiger partial charge < -0.3 is 20.3 Å². The summed E-state index contributed by atoms with van der Waals surface area (Å²) in [5.41, 5.74) is 6.68. The zero-order valence-corrected chi connectivity index (χ0v) is 22.6. The van der Waals surface area contributed by atoms with Crippen LogP contribution in [0.4, 0.5) is 0 Å². The molecule has 2 atom stereocenters. The number of hydrogen-bond acceptors (Lipinski definition) is 6. The first-order valence-corrected chi connectivity index (χ1v) is 14.1. The number of nitrogens with zero attached hydrogens (tertiary/aromatic N) is 1. The maximum absolute atomic E-state index is 13.6. The molecule has 210 valence electrons. The minimum atomic E-state index is -1.21. The van der Waals surface area contributed by atoms with Gasteiger partial charge in [0.1, 0.15) is 11.3 Å². The molecule has 1 aliphatic heterocycles. The van der Waals surface area contributed by atoms with Gasteiger partial charge in [0.25, 0.3) is 0 Å². The maximum atomic E-state index is 13.6. The van der Waals surface area contributed by atoms with Crippen LogP contribution in [0.25, 0.3) is 0 Å². The van der Waals surface area contributed by atoms with E-state index in [1.807, 2.05) is 41.3 Å². The normalized spacial score (nSPS) is 22.2. The van der Waals surface area contributed by atoms with Crippen molar-refractivity contribution in [3.05, 3.63) is 65.7 Å². The number of piperidine rings is 1. The van der Waals surface area contributed by atoms with E-state index in [1.165, 1.54) is 5.56 Å². The van der Waals surface area contributed by atoms with E-state index in [4.69, 9.17) is 15.2 Å².